The number of carbonyl (C=O) groups is 2. The van der Waals surface area contributed by atoms with Gasteiger partial charge in [-0.3, -0.25) is 0 Å². The van der Waals surface area contributed by atoms with Crippen LogP contribution < -0.4 is 4.74 Å². The molecule has 0 aliphatic rings. The van der Waals surface area contributed by atoms with E-state index in [1.54, 1.807) is 24.3 Å². The first kappa shape index (κ1) is 27.4. The van der Waals surface area contributed by atoms with Gasteiger partial charge < -0.3 is 28.8 Å². The van der Waals surface area contributed by atoms with Crippen molar-refractivity contribution in [3.8, 4) is 11.5 Å². The number of halogens is 1. The first-order valence-electron chi connectivity index (χ1n) is 8.80. The Balaban J connectivity index is 0.000000471. The van der Waals surface area contributed by atoms with Crippen LogP contribution in [0.4, 0.5) is 0 Å². The summed E-state index contributed by atoms with van der Waals surface area (Å²) in [6, 6.07) is 18.1. The van der Waals surface area contributed by atoms with Crippen LogP contribution in [-0.4, -0.2) is 63.2 Å². The molecule has 0 heterocycles. The van der Waals surface area contributed by atoms with E-state index in [0.717, 1.165) is 5.75 Å². The minimum atomic E-state index is -0.380. The lowest BCUT2D eigenvalue weighted by Crippen LogP contribution is -2.14. The van der Waals surface area contributed by atoms with Crippen LogP contribution >= 0.6 is 15.9 Å². The number of methoxy groups -OCH3 is 2. The molecule has 2 rings (SSSR count). The highest BCUT2D eigenvalue weighted by Gasteiger charge is 1.99. The molecule has 2 aromatic carbocycles. The Kier molecular flexibility index (Phi) is 18.0. The van der Waals surface area contributed by atoms with Crippen molar-refractivity contribution in [2.24, 2.45) is 0 Å². The van der Waals surface area contributed by atoms with Gasteiger partial charge >= 0.3 is 11.9 Å². The van der Waals surface area contributed by atoms with E-state index < -0.39 is 0 Å². The average Bonchev–Trinajstić information content (AvgIpc) is 2.79. The number of aromatic hydroxyl groups is 1. The number of phenols is 1. The molecule has 0 saturated heterocycles. The summed E-state index contributed by atoms with van der Waals surface area (Å²) in [7, 11) is 2.64. The van der Waals surface area contributed by atoms with Crippen LogP contribution in [0.5, 0.6) is 11.5 Å². The molecule has 0 aliphatic heterocycles. The molecule has 0 aliphatic carbocycles. The molecule has 0 radical (unpaired) electrons. The third kappa shape index (κ3) is 17.5. The molecule has 0 fully saturated rings. The summed E-state index contributed by atoms with van der Waals surface area (Å²) in [4.78, 5) is 20.9. The minimum absolute atomic E-state index is 0.0156. The van der Waals surface area contributed by atoms with Gasteiger partial charge in [0.25, 0.3) is 0 Å². The van der Waals surface area contributed by atoms with Crippen LogP contribution in [0.15, 0.2) is 60.7 Å². The SMILES string of the molecule is COC(=O)COCBr.COC(=O)COCCOc1ccccc1.Oc1ccccc1. The second kappa shape index (κ2) is 19.7. The van der Waals surface area contributed by atoms with E-state index in [-0.39, 0.29) is 25.2 Å². The van der Waals surface area contributed by atoms with E-state index >= 15 is 0 Å². The van der Waals surface area contributed by atoms with Crippen molar-refractivity contribution in [3.05, 3.63) is 60.7 Å². The van der Waals surface area contributed by atoms with Gasteiger partial charge in [-0.15, -0.1) is 0 Å². The number of ether oxygens (including phenoxy) is 5. The van der Waals surface area contributed by atoms with E-state index in [1.165, 1.54) is 14.2 Å². The number of esters is 2. The van der Waals surface area contributed by atoms with E-state index in [0.29, 0.717) is 24.5 Å². The number of carbonyl (C=O) groups excluding carboxylic acids is 2. The van der Waals surface area contributed by atoms with Gasteiger partial charge in [-0.25, -0.2) is 9.59 Å². The van der Waals surface area contributed by atoms with Gasteiger partial charge in [0.2, 0.25) is 0 Å². The van der Waals surface area contributed by atoms with E-state index in [1.807, 2.05) is 36.4 Å². The van der Waals surface area contributed by atoms with Crippen LogP contribution in [0, 0.1) is 0 Å². The fraction of sp³-hybridized carbons (Fsp3) is 0.333. The third-order valence-corrected chi connectivity index (χ3v) is 3.29. The summed E-state index contributed by atoms with van der Waals surface area (Å²) in [5.74, 6) is 0.376. The van der Waals surface area contributed by atoms with Gasteiger partial charge in [-0.1, -0.05) is 52.3 Å². The van der Waals surface area contributed by atoms with Gasteiger partial charge in [-0.05, 0) is 24.3 Å². The number of phenolic OH excluding ortho intramolecular Hbond substituents is 1. The first-order valence-corrected chi connectivity index (χ1v) is 9.92. The normalized spacial score (nSPS) is 9.17. The van der Waals surface area contributed by atoms with Crippen molar-refractivity contribution < 1.29 is 38.4 Å². The second-order valence-electron chi connectivity index (χ2n) is 5.16. The average molecular weight is 487 g/mol. The van der Waals surface area contributed by atoms with Gasteiger partial charge in [-0.2, -0.15) is 0 Å². The number of hydrogen-bond donors (Lipinski definition) is 1. The van der Waals surface area contributed by atoms with Crippen molar-refractivity contribution in [3.63, 3.8) is 0 Å². The zero-order valence-corrected chi connectivity index (χ0v) is 18.6. The van der Waals surface area contributed by atoms with Gasteiger partial charge in [0.1, 0.15) is 36.8 Å². The topological polar surface area (TPSA) is 101 Å². The number of rotatable bonds is 9. The molecule has 8 nitrogen and oxygen atoms in total. The molecule has 0 saturated carbocycles. The predicted molar refractivity (Wildman–Crippen MR) is 115 cm³/mol. The van der Waals surface area contributed by atoms with Crippen LogP contribution in [0.3, 0.4) is 0 Å². The highest BCUT2D eigenvalue weighted by molar-refractivity contribution is 9.09. The monoisotopic (exact) mass is 486 g/mol. The molecule has 0 unspecified atom stereocenters. The number of hydrogen-bond acceptors (Lipinski definition) is 8. The lowest BCUT2D eigenvalue weighted by molar-refractivity contribution is -0.146. The maximum Gasteiger partial charge on any atom is 0.331 e. The summed E-state index contributed by atoms with van der Waals surface area (Å²) < 4.78 is 23.7. The summed E-state index contributed by atoms with van der Waals surface area (Å²) >= 11 is 2.98. The Morgan fingerprint density at radius 1 is 0.800 bits per heavy atom. The third-order valence-electron chi connectivity index (χ3n) is 2.97. The van der Waals surface area contributed by atoms with Crippen LogP contribution in [0.25, 0.3) is 0 Å². The van der Waals surface area contributed by atoms with Crippen molar-refractivity contribution >= 4 is 27.9 Å². The van der Waals surface area contributed by atoms with Gasteiger partial charge in [0, 0.05) is 0 Å². The molecule has 0 aromatic heterocycles. The molecular weight excluding hydrogens is 460 g/mol. The minimum Gasteiger partial charge on any atom is -0.508 e. The molecule has 30 heavy (non-hydrogen) atoms. The lowest BCUT2D eigenvalue weighted by atomic mass is 10.3. The fourth-order valence-electron chi connectivity index (χ4n) is 1.56. The van der Waals surface area contributed by atoms with Crippen molar-refractivity contribution in [2.45, 2.75) is 0 Å². The predicted octanol–water partition coefficient (Wildman–Crippen LogP) is 3.18. The highest BCUT2D eigenvalue weighted by Crippen LogP contribution is 2.07. The van der Waals surface area contributed by atoms with Crippen LogP contribution in [0.1, 0.15) is 0 Å². The largest absolute Gasteiger partial charge is 0.508 e. The zero-order valence-electron chi connectivity index (χ0n) is 17.0. The lowest BCUT2D eigenvalue weighted by Gasteiger charge is -2.05. The van der Waals surface area contributed by atoms with E-state index in [4.69, 9.17) is 14.6 Å². The second-order valence-corrected chi connectivity index (χ2v) is 5.62. The number of benzene rings is 2. The standard InChI is InChI=1S/C11H14O4.C6H6O.C4H7BrO3/c1-13-11(12)9-14-7-8-15-10-5-3-2-4-6-10;7-6-4-2-1-3-5-6;1-7-4(6)2-8-3-5/h2-6H,7-9H2,1H3;1-5,7H;2-3H2,1H3. The smallest absolute Gasteiger partial charge is 0.331 e. The van der Waals surface area contributed by atoms with Crippen molar-refractivity contribution in [2.75, 3.05) is 46.2 Å². The summed E-state index contributed by atoms with van der Waals surface area (Å²) in [6.45, 7) is 0.765. The molecule has 2 aromatic rings. The Bertz CT molecular complexity index is 667. The Labute approximate surface area is 184 Å². The van der Waals surface area contributed by atoms with Crippen LogP contribution in [0.2, 0.25) is 0 Å². The summed E-state index contributed by atoms with van der Waals surface area (Å²) in [6.07, 6.45) is 0. The fourth-order valence-corrected chi connectivity index (χ4v) is 1.72. The maximum atomic E-state index is 10.7. The molecule has 1 N–H and O–H groups in total. The number of alkyl halides is 1. The summed E-state index contributed by atoms with van der Waals surface area (Å²) in [5.41, 5.74) is 0.363. The highest BCUT2D eigenvalue weighted by atomic mass is 79.9. The quantitative estimate of drug-likeness (QED) is 0.327. The molecule has 166 valence electrons. The Morgan fingerprint density at radius 3 is 1.73 bits per heavy atom. The van der Waals surface area contributed by atoms with E-state index in [9.17, 15) is 9.59 Å². The van der Waals surface area contributed by atoms with Crippen LogP contribution in [-0.2, 0) is 28.5 Å². The molecule has 9 heteroatoms. The Morgan fingerprint density at radius 2 is 1.30 bits per heavy atom. The molecule has 0 atom stereocenters. The molecule has 0 amide bonds. The van der Waals surface area contributed by atoms with Crippen molar-refractivity contribution in [1.29, 1.82) is 0 Å². The Hall–Kier alpha value is -2.62. The van der Waals surface area contributed by atoms with Gasteiger partial charge in [0.05, 0.1) is 20.8 Å². The van der Waals surface area contributed by atoms with E-state index in [2.05, 4.69) is 30.1 Å². The molecule has 0 bridgehead atoms. The summed E-state index contributed by atoms with van der Waals surface area (Å²) in [5, 5.41) is 8.63. The van der Waals surface area contributed by atoms with Crippen molar-refractivity contribution in [1.82, 2.24) is 0 Å². The molecule has 0 spiro atoms. The maximum absolute atomic E-state index is 10.7. The molecular formula is C21H27BrO8. The van der Waals surface area contributed by atoms with Gasteiger partial charge in [0.15, 0.2) is 0 Å². The number of para-hydroxylation sites is 2. The zero-order chi connectivity index (χ0) is 22.5. The first-order chi connectivity index (χ1) is 14.5.